The van der Waals surface area contributed by atoms with Crippen LogP contribution in [-0.4, -0.2) is 6.04 Å². The number of halogens is 1. The van der Waals surface area contributed by atoms with Crippen LogP contribution in [0.15, 0.2) is 16.6 Å². The van der Waals surface area contributed by atoms with Crippen molar-refractivity contribution in [3.05, 3.63) is 27.7 Å². The zero-order chi connectivity index (χ0) is 13.1. The lowest BCUT2D eigenvalue weighted by Crippen LogP contribution is -2.25. The molecule has 1 fully saturated rings. The van der Waals surface area contributed by atoms with Gasteiger partial charge in [0.2, 0.25) is 0 Å². The van der Waals surface area contributed by atoms with Crippen molar-refractivity contribution in [3.63, 3.8) is 0 Å². The minimum atomic E-state index is 0.674. The molecule has 0 aromatic heterocycles. The highest BCUT2D eigenvalue weighted by Gasteiger charge is 2.19. The summed E-state index contributed by atoms with van der Waals surface area (Å²) in [4.78, 5) is 0. The highest BCUT2D eigenvalue weighted by Crippen LogP contribution is 2.30. The maximum atomic E-state index is 3.71. The van der Waals surface area contributed by atoms with Gasteiger partial charge in [-0.1, -0.05) is 29.3 Å². The Hall–Kier alpha value is -0.500. The van der Waals surface area contributed by atoms with Gasteiger partial charge in [0.25, 0.3) is 0 Å². The summed E-state index contributed by atoms with van der Waals surface area (Å²) in [6, 6.07) is 5.18. The van der Waals surface area contributed by atoms with Gasteiger partial charge in [-0.15, -0.1) is 0 Å². The molecule has 1 N–H and O–H groups in total. The first-order valence-electron chi connectivity index (χ1n) is 7.13. The average Bonchev–Trinajstić information content (AvgIpc) is 2.37. The van der Waals surface area contributed by atoms with E-state index in [2.05, 4.69) is 54.2 Å². The van der Waals surface area contributed by atoms with Crippen molar-refractivity contribution in [2.75, 3.05) is 5.32 Å². The van der Waals surface area contributed by atoms with Gasteiger partial charge >= 0.3 is 0 Å². The number of hydrogen-bond donors (Lipinski definition) is 1. The van der Waals surface area contributed by atoms with Crippen molar-refractivity contribution < 1.29 is 0 Å². The predicted molar refractivity (Wildman–Crippen MR) is 83.3 cm³/mol. The second kappa shape index (κ2) is 6.10. The first kappa shape index (κ1) is 13.9. The molecule has 0 aliphatic heterocycles. The summed E-state index contributed by atoms with van der Waals surface area (Å²) in [6.07, 6.45) is 6.79. The minimum absolute atomic E-state index is 0.674. The number of benzene rings is 1. The van der Waals surface area contributed by atoms with Gasteiger partial charge in [-0.3, -0.25) is 0 Å². The zero-order valence-corrected chi connectivity index (χ0v) is 13.3. The van der Waals surface area contributed by atoms with Gasteiger partial charge in [0.1, 0.15) is 0 Å². The predicted octanol–water partition coefficient (Wildman–Crippen LogP) is 5.45. The van der Waals surface area contributed by atoms with E-state index in [-0.39, 0.29) is 0 Å². The molecule has 2 rings (SSSR count). The van der Waals surface area contributed by atoms with E-state index in [4.69, 9.17) is 0 Å². The molecular weight excluding hydrogens is 286 g/mol. The Morgan fingerprint density at radius 2 is 1.67 bits per heavy atom. The van der Waals surface area contributed by atoms with Crippen LogP contribution in [0.2, 0.25) is 0 Å². The highest BCUT2D eigenvalue weighted by molar-refractivity contribution is 9.10. The van der Waals surface area contributed by atoms with E-state index in [1.54, 1.807) is 0 Å². The maximum Gasteiger partial charge on any atom is 0.0348 e. The average molecular weight is 310 g/mol. The van der Waals surface area contributed by atoms with Gasteiger partial charge in [0, 0.05) is 16.2 Å². The van der Waals surface area contributed by atoms with Crippen LogP contribution in [0.4, 0.5) is 5.69 Å². The third-order valence-electron chi connectivity index (χ3n) is 4.23. The largest absolute Gasteiger partial charge is 0.382 e. The summed E-state index contributed by atoms with van der Waals surface area (Å²) in [5.74, 6) is 0.969. The third-order valence-corrected chi connectivity index (χ3v) is 5.48. The summed E-state index contributed by atoms with van der Waals surface area (Å²) in [5.41, 5.74) is 3.92. The summed E-state index contributed by atoms with van der Waals surface area (Å²) >= 11 is 3.63. The lowest BCUT2D eigenvalue weighted by Gasteiger charge is -2.29. The van der Waals surface area contributed by atoms with Crippen molar-refractivity contribution in [1.82, 2.24) is 0 Å². The third kappa shape index (κ3) is 3.28. The molecule has 0 saturated heterocycles. The van der Waals surface area contributed by atoms with Gasteiger partial charge < -0.3 is 5.32 Å². The Kier molecular flexibility index (Phi) is 4.71. The van der Waals surface area contributed by atoms with Crippen LogP contribution in [-0.2, 0) is 0 Å². The number of hydrogen-bond acceptors (Lipinski definition) is 1. The van der Waals surface area contributed by atoms with Crippen LogP contribution in [0.3, 0.4) is 0 Å². The van der Waals surface area contributed by atoms with Crippen LogP contribution in [0.25, 0.3) is 0 Å². The number of anilines is 1. The van der Waals surface area contributed by atoms with Gasteiger partial charge in [-0.05, 0) is 68.7 Å². The Morgan fingerprint density at radius 1 is 1.11 bits per heavy atom. The monoisotopic (exact) mass is 309 g/mol. The molecule has 0 amide bonds. The summed E-state index contributed by atoms with van der Waals surface area (Å²) in [6.45, 7) is 6.65. The molecule has 100 valence electrons. The van der Waals surface area contributed by atoms with Gasteiger partial charge in [-0.25, -0.2) is 0 Å². The van der Waals surface area contributed by atoms with Crippen LogP contribution in [0.5, 0.6) is 0 Å². The molecule has 0 heterocycles. The molecule has 1 saturated carbocycles. The van der Waals surface area contributed by atoms with E-state index < -0.39 is 0 Å². The molecule has 0 bridgehead atoms. The van der Waals surface area contributed by atoms with Crippen molar-refractivity contribution in [2.45, 2.75) is 58.9 Å². The minimum Gasteiger partial charge on any atom is -0.382 e. The molecule has 18 heavy (non-hydrogen) atoms. The van der Waals surface area contributed by atoms with Crippen molar-refractivity contribution in [3.8, 4) is 0 Å². The van der Waals surface area contributed by atoms with Crippen molar-refractivity contribution in [2.24, 2.45) is 5.92 Å². The fourth-order valence-electron chi connectivity index (χ4n) is 2.98. The van der Waals surface area contributed by atoms with Gasteiger partial charge in [0.15, 0.2) is 0 Å². The molecule has 0 unspecified atom stereocenters. The molecule has 1 nitrogen and oxygen atoms in total. The summed E-state index contributed by atoms with van der Waals surface area (Å²) in [7, 11) is 0. The van der Waals surface area contributed by atoms with E-state index >= 15 is 0 Å². The SMILES string of the molecule is CCC1CCC(Nc2cc(C)c(Br)c(C)c2)CC1. The van der Waals surface area contributed by atoms with E-state index in [9.17, 15) is 0 Å². The standard InChI is InChI=1S/C16H24BrN/c1-4-13-5-7-14(8-6-13)18-15-9-11(2)16(17)12(3)10-15/h9-10,13-14,18H,4-8H2,1-3H3. The van der Waals surface area contributed by atoms with Crippen molar-refractivity contribution in [1.29, 1.82) is 0 Å². The van der Waals surface area contributed by atoms with Gasteiger partial charge in [0.05, 0.1) is 0 Å². The van der Waals surface area contributed by atoms with Crippen LogP contribution < -0.4 is 5.32 Å². The molecule has 2 heteroatoms. The molecule has 1 aliphatic carbocycles. The number of rotatable bonds is 3. The van der Waals surface area contributed by atoms with E-state index in [0.29, 0.717) is 6.04 Å². The Balaban J connectivity index is 1.98. The number of nitrogens with one attached hydrogen (secondary N) is 1. The fourth-order valence-corrected chi connectivity index (χ4v) is 3.21. The molecular formula is C16H24BrN. The second-order valence-corrected chi connectivity index (χ2v) is 6.49. The van der Waals surface area contributed by atoms with Crippen LogP contribution in [0, 0.1) is 19.8 Å². The van der Waals surface area contributed by atoms with Crippen LogP contribution >= 0.6 is 15.9 Å². The molecule has 0 atom stereocenters. The summed E-state index contributed by atoms with van der Waals surface area (Å²) in [5, 5.41) is 3.71. The number of aryl methyl sites for hydroxylation is 2. The first-order chi connectivity index (χ1) is 8.60. The Labute approximate surface area is 119 Å². The quantitative estimate of drug-likeness (QED) is 0.783. The lowest BCUT2D eigenvalue weighted by molar-refractivity contribution is 0.330. The second-order valence-electron chi connectivity index (χ2n) is 5.69. The normalized spacial score (nSPS) is 24.0. The van der Waals surface area contributed by atoms with Gasteiger partial charge in [-0.2, -0.15) is 0 Å². The maximum absolute atomic E-state index is 3.71. The van der Waals surface area contributed by atoms with E-state index in [0.717, 1.165) is 5.92 Å². The summed E-state index contributed by atoms with van der Waals surface area (Å²) < 4.78 is 1.24. The highest BCUT2D eigenvalue weighted by atomic mass is 79.9. The Morgan fingerprint density at radius 3 is 2.17 bits per heavy atom. The fraction of sp³-hybridized carbons (Fsp3) is 0.625. The topological polar surface area (TPSA) is 12.0 Å². The Bertz CT molecular complexity index is 383. The molecule has 1 aliphatic rings. The first-order valence-corrected chi connectivity index (χ1v) is 7.92. The molecule has 1 aromatic rings. The molecule has 0 spiro atoms. The van der Waals surface area contributed by atoms with E-state index in [1.165, 1.54) is 53.4 Å². The van der Waals surface area contributed by atoms with Crippen molar-refractivity contribution >= 4 is 21.6 Å². The van der Waals surface area contributed by atoms with E-state index in [1.807, 2.05) is 0 Å². The zero-order valence-electron chi connectivity index (χ0n) is 11.7. The van der Waals surface area contributed by atoms with Crippen LogP contribution in [0.1, 0.15) is 50.2 Å². The smallest absolute Gasteiger partial charge is 0.0348 e. The molecule has 0 radical (unpaired) electrons. The lowest BCUT2D eigenvalue weighted by atomic mass is 9.84. The molecule has 1 aromatic carbocycles.